The van der Waals surface area contributed by atoms with Crippen molar-refractivity contribution < 1.29 is 33.8 Å². The molecule has 1 aromatic heterocycles. The molecule has 6 rings (SSSR count). The second-order valence-corrected chi connectivity index (χ2v) is 15.6. The van der Waals surface area contributed by atoms with E-state index < -0.39 is 53.1 Å². The Morgan fingerprint density at radius 2 is 1.77 bits per heavy atom. The van der Waals surface area contributed by atoms with Crippen LogP contribution in [0.15, 0.2) is 65.2 Å². The van der Waals surface area contributed by atoms with Gasteiger partial charge in [-0.15, -0.1) is 0 Å². The van der Waals surface area contributed by atoms with Gasteiger partial charge in [-0.25, -0.2) is 9.59 Å². The molecule has 1 saturated heterocycles. The monoisotopic (exact) mass is 776 g/mol. The van der Waals surface area contributed by atoms with Gasteiger partial charge in [0.2, 0.25) is 11.8 Å². The van der Waals surface area contributed by atoms with Crippen molar-refractivity contribution >= 4 is 39.8 Å². The number of aromatic nitrogens is 3. The Balaban J connectivity index is 1.38. The molecule has 0 unspecified atom stereocenters. The number of halogens is 1. The van der Waals surface area contributed by atoms with Crippen molar-refractivity contribution in [3.05, 3.63) is 65.2 Å². The van der Waals surface area contributed by atoms with E-state index in [1.807, 2.05) is 60.7 Å². The number of alkyl carbamates (subject to hydrolysis) is 1. The minimum atomic E-state index is -1.45. The molecule has 1 aliphatic carbocycles. The zero-order valence-corrected chi connectivity index (χ0v) is 31.4. The van der Waals surface area contributed by atoms with E-state index in [-0.39, 0.29) is 25.3 Å². The van der Waals surface area contributed by atoms with Crippen LogP contribution in [-0.2, 0) is 19.1 Å². The Hall–Kier alpha value is -4.72. The number of carbonyl (C=O) groups excluding carboxylic acids is 3. The Bertz CT molecular complexity index is 1850. The highest BCUT2D eigenvalue weighted by atomic mass is 79.9. The Morgan fingerprint density at radius 3 is 2.44 bits per heavy atom. The molecule has 3 aliphatic rings. The van der Waals surface area contributed by atoms with Gasteiger partial charge in [-0.2, -0.15) is 15.0 Å². The van der Waals surface area contributed by atoms with E-state index in [9.17, 15) is 24.3 Å². The summed E-state index contributed by atoms with van der Waals surface area (Å²) in [5.74, 6) is -1.81. The van der Waals surface area contributed by atoms with Crippen LogP contribution < -0.4 is 15.4 Å². The molecule has 13 nitrogen and oxygen atoms in total. The predicted octanol–water partition coefficient (Wildman–Crippen LogP) is 5.90. The molecule has 0 bridgehead atoms. The summed E-state index contributed by atoms with van der Waals surface area (Å²) < 4.78 is 11.7. The van der Waals surface area contributed by atoms with Gasteiger partial charge >= 0.3 is 12.1 Å². The van der Waals surface area contributed by atoms with Crippen LogP contribution in [0.3, 0.4) is 0 Å². The standard InChI is InChI=1S/C38H45BrN6O7/c1-37(2,3)52-36(50)40-29-14-9-7-5-6-8-12-25-21-38(25,35(48)49)41-33(46)30-20-27(22-44(30)34(29)47)45-42-31(23-15-17-28(51-4)18-16-23)32(43-45)24-11-10-13-26(39)19-24/h8,10-13,15-19,25,27,29-30H,5-7,9,14,20-22H2,1-4H3,(H,40,50)(H,41,46)(H,48,49)/b12-8-/t25-,27+,29-,30+,38+/m1/s1. The van der Waals surface area contributed by atoms with Crippen molar-refractivity contribution in [3.8, 4) is 28.3 Å². The van der Waals surface area contributed by atoms with E-state index in [0.29, 0.717) is 30.0 Å². The number of hydrogen-bond donors (Lipinski definition) is 3. The first-order chi connectivity index (χ1) is 24.8. The third-order valence-electron chi connectivity index (χ3n) is 9.75. The molecule has 3 amide bonds. The summed E-state index contributed by atoms with van der Waals surface area (Å²) in [7, 11) is 1.60. The summed E-state index contributed by atoms with van der Waals surface area (Å²) in [6.07, 6.45) is 6.86. The van der Waals surface area contributed by atoms with Gasteiger partial charge in [0.1, 0.15) is 40.4 Å². The largest absolute Gasteiger partial charge is 0.497 e. The van der Waals surface area contributed by atoms with Gasteiger partial charge in [-0.3, -0.25) is 9.59 Å². The Kier molecular flexibility index (Phi) is 10.8. The van der Waals surface area contributed by atoms with Crippen molar-refractivity contribution in [1.82, 2.24) is 30.5 Å². The number of rotatable bonds is 6. The SMILES string of the molecule is COc1ccc(-c2nn([C@H]3C[C@H]4C(=O)N[C@@]5(C(=O)O)C[C@H]5/C=C\CCCCC[C@@H](NC(=O)OC(C)(C)C)C(=O)N4C3)nc2-c2cccc(Br)c2)cc1. The molecule has 2 aromatic carbocycles. The average molecular weight is 778 g/mol. The van der Waals surface area contributed by atoms with Gasteiger partial charge < -0.3 is 30.1 Å². The molecule has 5 atom stereocenters. The molecule has 276 valence electrons. The maximum atomic E-state index is 14.5. The summed E-state index contributed by atoms with van der Waals surface area (Å²) in [6.45, 7) is 5.29. The van der Waals surface area contributed by atoms with Gasteiger partial charge in [0, 0.05) is 34.5 Å². The van der Waals surface area contributed by atoms with Crippen molar-refractivity contribution in [2.75, 3.05) is 13.7 Å². The number of nitrogens with one attached hydrogen (secondary N) is 2. The second-order valence-electron chi connectivity index (χ2n) is 14.7. The topological polar surface area (TPSA) is 165 Å². The van der Waals surface area contributed by atoms with Crippen molar-refractivity contribution in [2.24, 2.45) is 5.92 Å². The van der Waals surface area contributed by atoms with Gasteiger partial charge in [-0.05, 0) is 82.9 Å². The summed E-state index contributed by atoms with van der Waals surface area (Å²) in [6, 6.07) is 12.6. The lowest BCUT2D eigenvalue weighted by atomic mass is 10.0. The summed E-state index contributed by atoms with van der Waals surface area (Å²) in [5.41, 5.74) is 0.573. The van der Waals surface area contributed by atoms with Gasteiger partial charge in [0.25, 0.3) is 0 Å². The highest BCUT2D eigenvalue weighted by Gasteiger charge is 2.61. The van der Waals surface area contributed by atoms with Crippen LogP contribution in [0.25, 0.3) is 22.5 Å². The summed E-state index contributed by atoms with van der Waals surface area (Å²) in [4.78, 5) is 57.2. The lowest BCUT2D eigenvalue weighted by Gasteiger charge is -2.30. The summed E-state index contributed by atoms with van der Waals surface area (Å²) >= 11 is 3.56. The van der Waals surface area contributed by atoms with Crippen LogP contribution in [0, 0.1) is 5.92 Å². The van der Waals surface area contributed by atoms with Crippen LogP contribution in [0.4, 0.5) is 4.79 Å². The normalized spacial score (nSPS) is 25.8. The first kappa shape index (κ1) is 37.1. The van der Waals surface area contributed by atoms with Gasteiger partial charge in [0.15, 0.2) is 0 Å². The highest BCUT2D eigenvalue weighted by molar-refractivity contribution is 9.10. The number of benzene rings is 2. The minimum Gasteiger partial charge on any atom is -0.497 e. The molecule has 0 radical (unpaired) electrons. The number of ether oxygens (including phenoxy) is 2. The lowest BCUT2D eigenvalue weighted by Crippen LogP contribution is -2.56. The zero-order valence-electron chi connectivity index (χ0n) is 29.8. The number of methoxy groups -OCH3 is 1. The molecule has 52 heavy (non-hydrogen) atoms. The molecule has 1 saturated carbocycles. The molecule has 3 aromatic rings. The number of nitrogens with zero attached hydrogens (tertiary/aromatic N) is 4. The van der Waals surface area contributed by atoms with E-state index in [2.05, 4.69) is 26.6 Å². The average Bonchev–Trinajstić information content (AvgIpc) is 3.40. The molecule has 3 N–H and O–H groups in total. The Morgan fingerprint density at radius 1 is 1.04 bits per heavy atom. The third kappa shape index (κ3) is 8.16. The van der Waals surface area contributed by atoms with Gasteiger partial charge in [0.05, 0.1) is 13.2 Å². The van der Waals surface area contributed by atoms with E-state index in [1.165, 1.54) is 4.90 Å². The summed E-state index contributed by atoms with van der Waals surface area (Å²) in [5, 5.41) is 25.7. The smallest absolute Gasteiger partial charge is 0.408 e. The van der Waals surface area contributed by atoms with Crippen LogP contribution >= 0.6 is 15.9 Å². The number of allylic oxidation sites excluding steroid dienone is 1. The van der Waals surface area contributed by atoms with E-state index >= 15 is 0 Å². The molecular weight excluding hydrogens is 732 g/mol. The van der Waals surface area contributed by atoms with E-state index in [4.69, 9.17) is 19.7 Å². The molecule has 3 heterocycles. The fourth-order valence-electron chi connectivity index (χ4n) is 6.95. The Labute approximate surface area is 311 Å². The maximum absolute atomic E-state index is 14.5. The number of fused-ring (bicyclic) bond motifs is 2. The fraction of sp³-hybridized carbons (Fsp3) is 0.474. The zero-order chi connectivity index (χ0) is 37.2. The molecule has 0 spiro atoms. The van der Waals surface area contributed by atoms with Crippen molar-refractivity contribution in [3.63, 3.8) is 0 Å². The number of amides is 3. The molecular formula is C38H45BrN6O7. The van der Waals surface area contributed by atoms with Crippen LogP contribution in [0.5, 0.6) is 5.75 Å². The number of carboxylic acids is 1. The van der Waals surface area contributed by atoms with Crippen molar-refractivity contribution in [1.29, 1.82) is 0 Å². The van der Waals surface area contributed by atoms with Crippen LogP contribution in [-0.4, -0.2) is 85.8 Å². The quantitative estimate of drug-likeness (QED) is 0.259. The van der Waals surface area contributed by atoms with Crippen molar-refractivity contribution in [2.45, 2.75) is 95.0 Å². The first-order valence-corrected chi connectivity index (χ1v) is 18.5. The highest BCUT2D eigenvalue weighted by Crippen LogP contribution is 2.46. The lowest BCUT2D eigenvalue weighted by molar-refractivity contribution is -0.145. The number of aliphatic carboxylic acids is 1. The number of carboxylic acid groups (broad SMARTS) is 1. The number of hydrogen-bond acceptors (Lipinski definition) is 8. The minimum absolute atomic E-state index is 0.0570. The molecule has 14 heteroatoms. The predicted molar refractivity (Wildman–Crippen MR) is 196 cm³/mol. The second kappa shape index (κ2) is 15.1. The molecule has 2 aliphatic heterocycles. The first-order valence-electron chi connectivity index (χ1n) is 17.7. The van der Waals surface area contributed by atoms with Crippen LogP contribution in [0.1, 0.15) is 71.8 Å². The van der Waals surface area contributed by atoms with Crippen LogP contribution in [0.2, 0.25) is 0 Å². The van der Waals surface area contributed by atoms with E-state index in [1.54, 1.807) is 32.7 Å². The van der Waals surface area contributed by atoms with E-state index in [0.717, 1.165) is 34.9 Å². The fourth-order valence-corrected chi connectivity index (χ4v) is 7.35. The number of carbonyl (C=O) groups is 4. The van der Waals surface area contributed by atoms with Gasteiger partial charge in [-0.1, -0.05) is 53.1 Å². The maximum Gasteiger partial charge on any atom is 0.408 e. The third-order valence-corrected chi connectivity index (χ3v) is 10.2. The molecule has 2 fully saturated rings.